The van der Waals surface area contributed by atoms with E-state index in [0.717, 1.165) is 43.3 Å². The molecular weight excluding hydrogens is 404 g/mol. The van der Waals surface area contributed by atoms with Crippen molar-refractivity contribution in [2.24, 2.45) is 23.2 Å². The minimum atomic E-state index is -0.666. The van der Waals surface area contributed by atoms with Crippen molar-refractivity contribution in [2.45, 2.75) is 103 Å². The van der Waals surface area contributed by atoms with Crippen LogP contribution >= 0.6 is 0 Å². The molecule has 3 saturated carbocycles. The third-order valence-corrected chi connectivity index (χ3v) is 8.33. The molecule has 0 aromatic rings. The Morgan fingerprint density at radius 1 is 1.25 bits per heavy atom. The molecule has 0 amide bonds. The average molecular weight is 447 g/mol. The molecule has 0 aromatic heterocycles. The lowest BCUT2D eigenvalue weighted by atomic mass is 9.62. The van der Waals surface area contributed by atoms with E-state index < -0.39 is 18.3 Å². The van der Waals surface area contributed by atoms with Gasteiger partial charge in [-0.1, -0.05) is 45.1 Å². The zero-order chi connectivity index (χ0) is 23.6. The third kappa shape index (κ3) is 5.37. The number of rotatable bonds is 6. The molecule has 32 heavy (non-hydrogen) atoms. The molecule has 5 nitrogen and oxygen atoms in total. The van der Waals surface area contributed by atoms with Gasteiger partial charge in [-0.3, -0.25) is 4.79 Å². The highest BCUT2D eigenvalue weighted by atomic mass is 16.5. The Morgan fingerprint density at radius 3 is 2.66 bits per heavy atom. The number of carbonyl (C=O) groups is 1. The van der Waals surface area contributed by atoms with E-state index in [-0.39, 0.29) is 29.8 Å². The molecule has 3 aliphatic carbocycles. The summed E-state index contributed by atoms with van der Waals surface area (Å²) in [5.41, 5.74) is 3.17. The van der Waals surface area contributed by atoms with Crippen molar-refractivity contribution in [3.8, 4) is 0 Å². The number of fused-ring (bicyclic) bond motifs is 1. The van der Waals surface area contributed by atoms with Crippen LogP contribution < -0.4 is 0 Å². The smallest absolute Gasteiger partial charge is 0.308 e. The molecule has 1 unspecified atom stereocenters. The molecular formula is C27H42O5. The summed E-state index contributed by atoms with van der Waals surface area (Å²) in [6.45, 7) is 12.2. The molecule has 0 heterocycles. The van der Waals surface area contributed by atoms with E-state index in [0.29, 0.717) is 24.7 Å². The van der Waals surface area contributed by atoms with E-state index in [2.05, 4.69) is 25.7 Å². The maximum atomic E-state index is 12.4. The Hall–Kier alpha value is -1.43. The van der Waals surface area contributed by atoms with E-state index in [1.807, 2.05) is 20.8 Å². The van der Waals surface area contributed by atoms with Crippen molar-refractivity contribution in [1.29, 1.82) is 0 Å². The van der Waals surface area contributed by atoms with E-state index >= 15 is 0 Å². The average Bonchev–Trinajstić information content (AvgIpc) is 3.06. The van der Waals surface area contributed by atoms with Gasteiger partial charge in [-0.15, -0.1) is 0 Å². The maximum Gasteiger partial charge on any atom is 0.308 e. The summed E-state index contributed by atoms with van der Waals surface area (Å²) < 4.78 is 5.80. The zero-order valence-corrected chi connectivity index (χ0v) is 20.2. The number of aliphatic hydroxyl groups excluding tert-OH is 3. The van der Waals surface area contributed by atoms with Gasteiger partial charge in [0, 0.05) is 12.3 Å². The molecule has 3 N–H and O–H groups in total. The van der Waals surface area contributed by atoms with Crippen LogP contribution in [-0.4, -0.2) is 45.7 Å². The standard InChI is InChI=1S/C27H42O5/c1-16(2)24(29)15-26(31)32-18(4)22-10-11-23-19(7-6-12-27(22,23)5)8-9-20-13-21(28)14-25(30)17(20)3/h8-9,16,18,21-25,28-30H,3,6-7,10-15H2,1-2,4-5H3/b19-8+,20-9-/t18-,21+,22+,23-,24?,25-,27+/m0/s1. The fraction of sp³-hybridized carbons (Fsp3) is 0.741. The topological polar surface area (TPSA) is 87.0 Å². The Labute approximate surface area is 193 Å². The number of esters is 1. The van der Waals surface area contributed by atoms with Gasteiger partial charge in [0.05, 0.1) is 24.7 Å². The molecule has 0 aliphatic heterocycles. The highest BCUT2D eigenvalue weighted by Gasteiger charge is 2.51. The first-order valence-corrected chi connectivity index (χ1v) is 12.3. The highest BCUT2D eigenvalue weighted by Crippen LogP contribution is 2.58. The van der Waals surface area contributed by atoms with Crippen molar-refractivity contribution < 1.29 is 24.9 Å². The van der Waals surface area contributed by atoms with Crippen LogP contribution in [0.25, 0.3) is 0 Å². The number of aliphatic hydroxyl groups is 3. The van der Waals surface area contributed by atoms with Gasteiger partial charge in [0.2, 0.25) is 0 Å². The fourth-order valence-electron chi connectivity index (χ4n) is 6.26. The summed E-state index contributed by atoms with van der Waals surface area (Å²) in [5.74, 6) is 0.480. The normalized spacial score (nSPS) is 37.6. The SMILES string of the molecule is C=C1/C(=C\C=C2/CCC[C@]3(C)[C@@H]([C@H](C)OC(=O)CC(O)C(C)C)CC[C@@H]23)C[C@@H](O)C[C@@H]1O. The predicted octanol–water partition coefficient (Wildman–Crippen LogP) is 4.47. The van der Waals surface area contributed by atoms with Crippen LogP contribution in [0.1, 0.15) is 79.1 Å². The monoisotopic (exact) mass is 446 g/mol. The van der Waals surface area contributed by atoms with Crippen LogP contribution in [0.2, 0.25) is 0 Å². The Morgan fingerprint density at radius 2 is 1.97 bits per heavy atom. The number of hydrogen-bond donors (Lipinski definition) is 3. The number of ether oxygens (including phenoxy) is 1. The Balaban J connectivity index is 1.70. The molecule has 3 rings (SSSR count). The molecule has 0 spiro atoms. The Kier molecular flexibility index (Phi) is 8.06. The first kappa shape index (κ1) is 25.2. The van der Waals surface area contributed by atoms with Gasteiger partial charge in [-0.25, -0.2) is 0 Å². The van der Waals surface area contributed by atoms with E-state index in [9.17, 15) is 20.1 Å². The summed E-state index contributed by atoms with van der Waals surface area (Å²) in [7, 11) is 0. The number of carbonyl (C=O) groups excluding carboxylic acids is 1. The second kappa shape index (κ2) is 10.2. The van der Waals surface area contributed by atoms with Crippen LogP contribution in [0.3, 0.4) is 0 Å². The molecule has 3 aliphatic rings. The van der Waals surface area contributed by atoms with Gasteiger partial charge >= 0.3 is 5.97 Å². The molecule has 5 heteroatoms. The zero-order valence-electron chi connectivity index (χ0n) is 20.2. The first-order valence-electron chi connectivity index (χ1n) is 12.3. The van der Waals surface area contributed by atoms with Crippen molar-refractivity contribution >= 4 is 5.97 Å². The second-order valence-electron chi connectivity index (χ2n) is 10.9. The van der Waals surface area contributed by atoms with Crippen molar-refractivity contribution in [3.05, 3.63) is 35.5 Å². The molecule has 180 valence electrons. The van der Waals surface area contributed by atoms with Crippen molar-refractivity contribution in [2.75, 3.05) is 0 Å². The van der Waals surface area contributed by atoms with Crippen LogP contribution in [0, 0.1) is 23.2 Å². The van der Waals surface area contributed by atoms with Gasteiger partial charge in [0.25, 0.3) is 0 Å². The van der Waals surface area contributed by atoms with Gasteiger partial charge in [0.15, 0.2) is 0 Å². The first-order chi connectivity index (χ1) is 15.0. The van der Waals surface area contributed by atoms with Gasteiger partial charge in [-0.05, 0) is 73.8 Å². The molecule has 0 saturated heterocycles. The molecule has 0 aromatic carbocycles. The quantitative estimate of drug-likeness (QED) is 0.524. The van der Waals surface area contributed by atoms with Crippen molar-refractivity contribution in [3.63, 3.8) is 0 Å². The molecule has 3 fully saturated rings. The molecule has 7 atom stereocenters. The molecule has 0 bridgehead atoms. The van der Waals surface area contributed by atoms with Crippen LogP contribution in [0.5, 0.6) is 0 Å². The van der Waals surface area contributed by atoms with Gasteiger partial charge in [0.1, 0.15) is 6.10 Å². The highest BCUT2D eigenvalue weighted by molar-refractivity contribution is 5.70. The third-order valence-electron chi connectivity index (χ3n) is 8.33. The second-order valence-corrected chi connectivity index (χ2v) is 10.9. The summed E-state index contributed by atoms with van der Waals surface area (Å²) in [4.78, 5) is 12.4. The van der Waals surface area contributed by atoms with Crippen molar-refractivity contribution in [1.82, 2.24) is 0 Å². The summed E-state index contributed by atoms with van der Waals surface area (Å²) in [6.07, 6.45) is 8.59. The lowest BCUT2D eigenvalue weighted by Gasteiger charge is -2.44. The van der Waals surface area contributed by atoms with Gasteiger partial charge < -0.3 is 20.1 Å². The number of hydrogen-bond acceptors (Lipinski definition) is 5. The molecule has 0 radical (unpaired) electrons. The van der Waals surface area contributed by atoms with Gasteiger partial charge in [-0.2, -0.15) is 0 Å². The minimum Gasteiger partial charge on any atom is -0.462 e. The largest absolute Gasteiger partial charge is 0.462 e. The maximum absolute atomic E-state index is 12.4. The van der Waals surface area contributed by atoms with Crippen LogP contribution in [0.15, 0.2) is 35.5 Å². The van der Waals surface area contributed by atoms with E-state index in [4.69, 9.17) is 4.74 Å². The summed E-state index contributed by atoms with van der Waals surface area (Å²) >= 11 is 0. The lowest BCUT2D eigenvalue weighted by Crippen LogP contribution is -2.39. The summed E-state index contributed by atoms with van der Waals surface area (Å²) in [6, 6.07) is 0. The minimum absolute atomic E-state index is 0.0360. The fourth-order valence-corrected chi connectivity index (χ4v) is 6.26. The van der Waals surface area contributed by atoms with Crippen LogP contribution in [0.4, 0.5) is 0 Å². The van der Waals surface area contributed by atoms with E-state index in [1.54, 1.807) is 0 Å². The number of allylic oxidation sites excluding steroid dienone is 3. The van der Waals surface area contributed by atoms with E-state index in [1.165, 1.54) is 5.57 Å². The predicted molar refractivity (Wildman–Crippen MR) is 126 cm³/mol. The lowest BCUT2D eigenvalue weighted by molar-refractivity contribution is -0.156. The van der Waals surface area contributed by atoms with Crippen LogP contribution in [-0.2, 0) is 9.53 Å². The Bertz CT molecular complexity index is 766. The summed E-state index contributed by atoms with van der Waals surface area (Å²) in [5, 5.41) is 30.2.